The minimum atomic E-state index is -0.918. The molecule has 0 spiro atoms. The third kappa shape index (κ3) is 12.0. The van der Waals surface area contributed by atoms with Crippen molar-refractivity contribution in [2.24, 2.45) is 0 Å². The zero-order chi connectivity index (χ0) is 20.6. The van der Waals surface area contributed by atoms with Crippen molar-refractivity contribution >= 4 is 5.97 Å². The summed E-state index contributed by atoms with van der Waals surface area (Å²) in [5.41, 5.74) is 1.13. The number of hydrogen-bond donors (Lipinski definition) is 4. The Labute approximate surface area is 166 Å². The van der Waals surface area contributed by atoms with Gasteiger partial charge in [0.05, 0.1) is 18.3 Å². The lowest BCUT2D eigenvalue weighted by Crippen LogP contribution is -2.24. The van der Waals surface area contributed by atoms with Gasteiger partial charge in [0.2, 0.25) is 0 Å². The number of rotatable bonds is 13. The highest BCUT2D eigenvalue weighted by Crippen LogP contribution is 2.08. The van der Waals surface area contributed by atoms with Gasteiger partial charge in [-0.3, -0.25) is 4.79 Å². The molecule has 3 unspecified atom stereocenters. The molecule has 5 nitrogen and oxygen atoms in total. The lowest BCUT2D eigenvalue weighted by molar-refractivity contribution is -0.137. The normalized spacial score (nSPS) is 15.7. The van der Waals surface area contributed by atoms with E-state index in [1.165, 1.54) is 0 Å². The van der Waals surface area contributed by atoms with E-state index in [-0.39, 0.29) is 6.42 Å². The molecule has 28 heavy (non-hydrogen) atoms. The maximum atomic E-state index is 10.4. The highest BCUT2D eigenvalue weighted by Gasteiger charge is 2.12. The standard InChI is InChI=1S/C23H30O5/c24-20(14-10-16-23(27)28)13-8-3-1-2-4-9-15-21(25)22(26)18-17-19-11-6-5-7-12-19/h1-9,11-13,15,20-22,24-26H,10,14,16-18H2,(H,27,28). The number of carboxylic acid groups (broad SMARTS) is 1. The molecule has 0 aliphatic carbocycles. The first kappa shape index (κ1) is 23.6. The average Bonchev–Trinajstić information content (AvgIpc) is 2.68. The van der Waals surface area contributed by atoms with Crippen molar-refractivity contribution in [1.82, 2.24) is 0 Å². The Morgan fingerprint density at radius 2 is 1.46 bits per heavy atom. The van der Waals surface area contributed by atoms with Crippen molar-refractivity contribution in [3.63, 3.8) is 0 Å². The fraction of sp³-hybridized carbons (Fsp3) is 0.348. The molecule has 0 saturated carbocycles. The second-order valence-corrected chi connectivity index (χ2v) is 6.48. The summed E-state index contributed by atoms with van der Waals surface area (Å²) in [6.45, 7) is 0. The zero-order valence-electron chi connectivity index (χ0n) is 16.0. The SMILES string of the molecule is O=C(O)CCCC(O)C=CC=CC=CC=CC(O)C(O)CCc1ccccc1. The molecule has 1 aromatic rings. The van der Waals surface area contributed by atoms with Crippen LogP contribution in [0.3, 0.4) is 0 Å². The molecule has 3 atom stereocenters. The van der Waals surface area contributed by atoms with Crippen LogP contribution in [0.2, 0.25) is 0 Å². The molecule has 0 saturated heterocycles. The predicted octanol–water partition coefficient (Wildman–Crippen LogP) is 3.18. The average molecular weight is 386 g/mol. The van der Waals surface area contributed by atoms with Crippen molar-refractivity contribution in [3.05, 3.63) is 84.5 Å². The van der Waals surface area contributed by atoms with Gasteiger partial charge in [-0.1, -0.05) is 78.9 Å². The fourth-order valence-electron chi connectivity index (χ4n) is 2.44. The molecule has 0 amide bonds. The van der Waals surface area contributed by atoms with Gasteiger partial charge < -0.3 is 20.4 Å². The van der Waals surface area contributed by atoms with Crippen LogP contribution in [0.15, 0.2) is 78.9 Å². The van der Waals surface area contributed by atoms with Crippen molar-refractivity contribution < 1.29 is 25.2 Å². The monoisotopic (exact) mass is 386 g/mol. The highest BCUT2D eigenvalue weighted by atomic mass is 16.4. The summed E-state index contributed by atoms with van der Waals surface area (Å²) in [4.78, 5) is 10.4. The summed E-state index contributed by atoms with van der Waals surface area (Å²) in [6.07, 6.45) is 13.3. The van der Waals surface area contributed by atoms with Gasteiger partial charge in [-0.25, -0.2) is 0 Å². The van der Waals surface area contributed by atoms with Gasteiger partial charge in [-0.05, 0) is 31.2 Å². The van der Waals surface area contributed by atoms with E-state index in [2.05, 4.69) is 0 Å². The first-order valence-corrected chi connectivity index (χ1v) is 9.47. The van der Waals surface area contributed by atoms with Gasteiger partial charge >= 0.3 is 5.97 Å². The summed E-state index contributed by atoms with van der Waals surface area (Å²) >= 11 is 0. The van der Waals surface area contributed by atoms with Crippen LogP contribution in [0.25, 0.3) is 0 Å². The lowest BCUT2D eigenvalue weighted by Gasteiger charge is -2.14. The van der Waals surface area contributed by atoms with Crippen LogP contribution in [0.5, 0.6) is 0 Å². The van der Waals surface area contributed by atoms with Crippen molar-refractivity contribution in [1.29, 1.82) is 0 Å². The summed E-state index contributed by atoms with van der Waals surface area (Å²) in [6, 6.07) is 9.83. The van der Waals surface area contributed by atoms with Crippen molar-refractivity contribution in [3.8, 4) is 0 Å². The Kier molecular flexibility index (Phi) is 12.3. The van der Waals surface area contributed by atoms with Gasteiger partial charge in [-0.15, -0.1) is 0 Å². The molecule has 4 N–H and O–H groups in total. The van der Waals surface area contributed by atoms with Crippen LogP contribution in [0.1, 0.15) is 31.2 Å². The number of benzene rings is 1. The summed E-state index contributed by atoms with van der Waals surface area (Å²) < 4.78 is 0. The fourth-order valence-corrected chi connectivity index (χ4v) is 2.44. The van der Waals surface area contributed by atoms with Crippen LogP contribution in [-0.2, 0) is 11.2 Å². The first-order chi connectivity index (χ1) is 13.5. The van der Waals surface area contributed by atoms with Gasteiger partial charge in [-0.2, -0.15) is 0 Å². The van der Waals surface area contributed by atoms with Gasteiger partial charge in [0, 0.05) is 6.42 Å². The molecule has 0 radical (unpaired) electrons. The van der Waals surface area contributed by atoms with Crippen molar-refractivity contribution in [2.75, 3.05) is 0 Å². The quantitative estimate of drug-likeness (QED) is 0.390. The predicted molar refractivity (Wildman–Crippen MR) is 111 cm³/mol. The maximum absolute atomic E-state index is 10.4. The Bertz CT molecular complexity index is 661. The summed E-state index contributed by atoms with van der Waals surface area (Å²) in [7, 11) is 0. The minimum absolute atomic E-state index is 0.0582. The second kappa shape index (κ2) is 14.6. The number of hydrogen-bond acceptors (Lipinski definition) is 4. The van der Waals surface area contributed by atoms with E-state index in [0.717, 1.165) is 5.56 Å². The largest absolute Gasteiger partial charge is 0.481 e. The van der Waals surface area contributed by atoms with E-state index in [0.29, 0.717) is 25.7 Å². The van der Waals surface area contributed by atoms with Crippen LogP contribution in [-0.4, -0.2) is 44.7 Å². The molecule has 5 heteroatoms. The third-order valence-corrected chi connectivity index (χ3v) is 4.05. The maximum Gasteiger partial charge on any atom is 0.303 e. The molecule has 0 aliphatic heterocycles. The molecule has 152 valence electrons. The Morgan fingerprint density at radius 3 is 2.11 bits per heavy atom. The molecule has 0 fully saturated rings. The number of aliphatic hydroxyl groups is 3. The Morgan fingerprint density at radius 1 is 0.857 bits per heavy atom. The smallest absolute Gasteiger partial charge is 0.303 e. The van der Waals surface area contributed by atoms with E-state index in [9.17, 15) is 20.1 Å². The van der Waals surface area contributed by atoms with Crippen molar-refractivity contribution in [2.45, 2.75) is 50.4 Å². The number of aliphatic carboxylic acids is 1. The van der Waals surface area contributed by atoms with Crippen LogP contribution >= 0.6 is 0 Å². The van der Waals surface area contributed by atoms with Crippen LogP contribution < -0.4 is 0 Å². The number of aryl methyl sites for hydroxylation is 1. The number of carbonyl (C=O) groups is 1. The van der Waals surface area contributed by atoms with Gasteiger partial charge in [0.15, 0.2) is 0 Å². The molecule has 0 heterocycles. The minimum Gasteiger partial charge on any atom is -0.481 e. The lowest BCUT2D eigenvalue weighted by atomic mass is 10.0. The summed E-state index contributed by atoms with van der Waals surface area (Å²) in [5.74, 6) is -0.858. The molecule has 0 bridgehead atoms. The van der Waals surface area contributed by atoms with Gasteiger partial charge in [0.25, 0.3) is 0 Å². The topological polar surface area (TPSA) is 98.0 Å². The van der Waals surface area contributed by atoms with E-state index < -0.39 is 24.3 Å². The van der Waals surface area contributed by atoms with E-state index in [1.54, 1.807) is 48.6 Å². The summed E-state index contributed by atoms with van der Waals surface area (Å²) in [5, 5.41) is 38.1. The van der Waals surface area contributed by atoms with E-state index in [4.69, 9.17) is 5.11 Å². The molecular formula is C23H30O5. The van der Waals surface area contributed by atoms with Crippen LogP contribution in [0.4, 0.5) is 0 Å². The molecule has 0 aliphatic rings. The van der Waals surface area contributed by atoms with E-state index in [1.807, 2.05) is 30.3 Å². The zero-order valence-corrected chi connectivity index (χ0v) is 16.0. The van der Waals surface area contributed by atoms with E-state index >= 15 is 0 Å². The molecule has 0 aromatic heterocycles. The molecular weight excluding hydrogens is 356 g/mol. The number of aliphatic hydroxyl groups excluding tert-OH is 3. The third-order valence-electron chi connectivity index (χ3n) is 4.05. The Hall–Kier alpha value is -2.47. The molecule has 1 aromatic carbocycles. The second-order valence-electron chi connectivity index (χ2n) is 6.48. The molecule has 1 rings (SSSR count). The van der Waals surface area contributed by atoms with Crippen LogP contribution in [0, 0.1) is 0 Å². The highest BCUT2D eigenvalue weighted by molar-refractivity contribution is 5.66. The Balaban J connectivity index is 2.23. The van der Waals surface area contributed by atoms with Gasteiger partial charge in [0.1, 0.15) is 0 Å². The number of carboxylic acids is 1. The first-order valence-electron chi connectivity index (χ1n) is 9.47. The number of allylic oxidation sites excluding steroid dienone is 6.